The smallest absolute Gasteiger partial charge is 0.387 e. The van der Waals surface area contributed by atoms with Crippen molar-refractivity contribution >= 4 is 38.5 Å². The van der Waals surface area contributed by atoms with E-state index < -0.39 is 89.7 Å². The van der Waals surface area contributed by atoms with Crippen LogP contribution in [0.5, 0.6) is 0 Å². The van der Waals surface area contributed by atoms with E-state index in [1.807, 2.05) is 0 Å². The van der Waals surface area contributed by atoms with Gasteiger partial charge in [0.05, 0.1) is 19.5 Å². The molecule has 0 saturated carbocycles. The summed E-state index contributed by atoms with van der Waals surface area (Å²) < 4.78 is 51.3. The normalized spacial score (nSPS) is 32.1. The van der Waals surface area contributed by atoms with Crippen LogP contribution >= 0.6 is 15.6 Å². The average molecular weight is 653 g/mol. The molecule has 5 heterocycles. The molecule has 1 amide bonds. The molecule has 0 spiro atoms. The monoisotopic (exact) mass is 653 g/mol. The summed E-state index contributed by atoms with van der Waals surface area (Å²) in [6.07, 6.45) is -8.90. The number of phosphoric ester groups is 2. The van der Waals surface area contributed by atoms with E-state index in [1.165, 1.54) is 10.9 Å². The zero-order valence-electron chi connectivity index (χ0n) is 21.4. The molecule has 2 aliphatic rings. The van der Waals surface area contributed by atoms with Gasteiger partial charge in [-0.1, -0.05) is 0 Å². The van der Waals surface area contributed by atoms with E-state index in [9.17, 15) is 44.1 Å². The molecule has 3 aromatic heterocycles. The number of nitrogen functional groups attached to an aromatic ring is 1. The highest BCUT2D eigenvalue weighted by Gasteiger charge is 2.48. The summed E-state index contributed by atoms with van der Waals surface area (Å²) in [4.78, 5) is 46.5. The number of hydrogen-bond donors (Lipinski definition) is 8. The van der Waals surface area contributed by atoms with Gasteiger partial charge in [0.1, 0.15) is 54.8 Å². The van der Waals surface area contributed by atoms with Crippen molar-refractivity contribution in [3.05, 3.63) is 24.8 Å². The Morgan fingerprint density at radius 3 is 2.05 bits per heavy atom. The number of anilines is 1. The Morgan fingerprint density at radius 1 is 0.884 bits per heavy atom. The van der Waals surface area contributed by atoms with Crippen LogP contribution in [0.25, 0.3) is 11.2 Å². The first-order valence-corrected chi connectivity index (χ1v) is 15.0. The lowest BCUT2D eigenvalue weighted by atomic mass is 10.1. The highest BCUT2D eigenvalue weighted by atomic mass is 31.3. The number of amides is 1. The molecule has 236 valence electrons. The van der Waals surface area contributed by atoms with E-state index >= 15 is 0 Å². The van der Waals surface area contributed by atoms with Crippen LogP contribution in [0.1, 0.15) is 23.1 Å². The predicted molar refractivity (Wildman–Crippen MR) is 133 cm³/mol. The summed E-state index contributed by atoms with van der Waals surface area (Å²) in [5.41, 5.74) is 11.1. The van der Waals surface area contributed by atoms with E-state index in [2.05, 4.69) is 38.4 Å². The topological polar surface area (TPSA) is 345 Å². The van der Waals surface area contributed by atoms with Gasteiger partial charge in [0.15, 0.2) is 23.9 Å². The number of phosphoric acid groups is 2. The second-order valence-corrected chi connectivity index (χ2v) is 12.2. The maximum Gasteiger partial charge on any atom is 0.481 e. The highest BCUT2D eigenvalue weighted by molar-refractivity contribution is 7.61. The number of fused-ring (bicyclic) bond motifs is 1. The third kappa shape index (κ3) is 6.44. The van der Waals surface area contributed by atoms with Gasteiger partial charge in [-0.2, -0.15) is 4.31 Å². The molecule has 0 aliphatic carbocycles. The number of imidazole rings is 1. The van der Waals surface area contributed by atoms with Crippen molar-refractivity contribution in [2.75, 3.05) is 18.9 Å². The van der Waals surface area contributed by atoms with Gasteiger partial charge in [-0.15, -0.1) is 5.10 Å². The fourth-order valence-electron chi connectivity index (χ4n) is 4.26. The Balaban J connectivity index is 1.15. The van der Waals surface area contributed by atoms with Gasteiger partial charge in [-0.05, 0) is 0 Å². The van der Waals surface area contributed by atoms with E-state index in [-0.39, 0.29) is 17.0 Å². The van der Waals surface area contributed by atoms with E-state index in [1.54, 1.807) is 0 Å². The maximum absolute atomic E-state index is 12.4. The summed E-state index contributed by atoms with van der Waals surface area (Å²) in [6.45, 7) is -1.85. The Hall–Kier alpha value is -3.02. The lowest BCUT2D eigenvalue weighted by Gasteiger charge is -2.20. The van der Waals surface area contributed by atoms with Crippen molar-refractivity contribution in [2.45, 2.75) is 49.1 Å². The van der Waals surface area contributed by atoms with E-state index in [4.69, 9.17) is 20.9 Å². The molecule has 4 unspecified atom stereocenters. The summed E-state index contributed by atoms with van der Waals surface area (Å²) in [7, 11) is -10.8. The number of aliphatic hydroxyl groups is 4. The fraction of sp³-hybridized carbons (Fsp3) is 0.556. The van der Waals surface area contributed by atoms with Crippen molar-refractivity contribution in [3.63, 3.8) is 0 Å². The predicted octanol–water partition coefficient (Wildman–Crippen LogP) is -3.71. The number of primary amides is 1. The highest BCUT2D eigenvalue weighted by Crippen LogP contribution is 2.60. The lowest BCUT2D eigenvalue weighted by Crippen LogP contribution is -2.34. The molecule has 23 nitrogen and oxygen atoms in total. The minimum Gasteiger partial charge on any atom is -0.387 e. The van der Waals surface area contributed by atoms with Gasteiger partial charge in [-0.25, -0.2) is 33.7 Å². The lowest BCUT2D eigenvalue weighted by molar-refractivity contribution is -0.0588. The molecule has 25 heteroatoms. The first-order valence-electron chi connectivity index (χ1n) is 12.0. The maximum atomic E-state index is 12.4. The molecule has 43 heavy (non-hydrogen) atoms. The summed E-state index contributed by atoms with van der Waals surface area (Å²) in [6, 6.07) is 0. The van der Waals surface area contributed by atoms with E-state index in [0.29, 0.717) is 0 Å². The van der Waals surface area contributed by atoms with Gasteiger partial charge in [0.25, 0.3) is 5.91 Å². The molecule has 0 aromatic carbocycles. The standard InChI is InChI=1S/C18H25N9O14P2/c19-13-8-16(22-3-21-13)26(4-23-8)17-11(30)9(28)6(39-17)1-37-42(33,34)41-43(35,36)38-2-7-10(29)12(31)18(40-7)27-5-24-15(25-27)14(20)32/h3-7,9-12,17-18,28-31H,1-2H2,(H2,20,32)(H,33,34)(H,35,36)(H2,19,21,22)/t6-,7-,9-,10+,11-,12+,17?,18?/m1/s1. The number of rotatable bonds is 11. The van der Waals surface area contributed by atoms with Crippen molar-refractivity contribution in [2.24, 2.45) is 5.73 Å². The number of hydrogen-bond acceptors (Lipinski definition) is 18. The van der Waals surface area contributed by atoms with Gasteiger partial charge in [-0.3, -0.25) is 18.4 Å². The van der Waals surface area contributed by atoms with Crippen LogP contribution in [-0.4, -0.2) is 120 Å². The van der Waals surface area contributed by atoms with Crippen LogP contribution in [0.3, 0.4) is 0 Å². The largest absolute Gasteiger partial charge is 0.481 e. The van der Waals surface area contributed by atoms with Crippen molar-refractivity contribution in [3.8, 4) is 0 Å². The van der Waals surface area contributed by atoms with Crippen LogP contribution < -0.4 is 11.5 Å². The van der Waals surface area contributed by atoms with Gasteiger partial charge < -0.3 is 51.2 Å². The summed E-state index contributed by atoms with van der Waals surface area (Å²) >= 11 is 0. The molecular weight excluding hydrogens is 628 g/mol. The molecule has 2 aliphatic heterocycles. The van der Waals surface area contributed by atoms with Crippen molar-refractivity contribution in [1.82, 2.24) is 34.3 Å². The SMILES string of the molecule is NC(=O)c1ncn(C2O[C@H](COP(=O)(O)OP(=O)(O)OC[C@H]3OC(n4cnc5c(N)ncnc54)[C@H](O)[C@@H]3O)[C@H](O)[C@@H]2O)n1. The minimum absolute atomic E-state index is 0.0460. The van der Waals surface area contributed by atoms with Crippen molar-refractivity contribution in [1.29, 1.82) is 0 Å². The first-order chi connectivity index (χ1) is 20.2. The summed E-state index contributed by atoms with van der Waals surface area (Å²) in [5.74, 6) is -1.34. The number of aliphatic hydroxyl groups excluding tert-OH is 4. The third-order valence-electron chi connectivity index (χ3n) is 6.34. The Kier molecular flexibility index (Phi) is 8.63. The van der Waals surface area contributed by atoms with E-state index in [0.717, 1.165) is 17.3 Å². The number of carbonyl (C=O) groups excluding carboxylic acids is 1. The molecular formula is C18H25N9O14P2. The zero-order chi connectivity index (χ0) is 31.3. The second-order valence-electron chi connectivity index (χ2n) is 9.20. The molecule has 5 rings (SSSR count). The van der Waals surface area contributed by atoms with Crippen molar-refractivity contribution < 1.29 is 67.0 Å². The van der Waals surface area contributed by atoms with Gasteiger partial charge >= 0.3 is 15.6 Å². The van der Waals surface area contributed by atoms with Crippen LogP contribution in [0.4, 0.5) is 5.82 Å². The molecule has 0 bridgehead atoms. The Labute approximate surface area is 238 Å². The average Bonchev–Trinajstić information content (AvgIpc) is 3.70. The number of nitrogens with zero attached hydrogens (tertiary/aromatic N) is 7. The second kappa shape index (κ2) is 11.8. The molecule has 10 N–H and O–H groups in total. The fourth-order valence-corrected chi connectivity index (χ4v) is 6.35. The molecule has 3 aromatic rings. The minimum atomic E-state index is -5.38. The number of ether oxygens (including phenoxy) is 2. The molecule has 2 saturated heterocycles. The zero-order valence-corrected chi connectivity index (χ0v) is 23.2. The third-order valence-corrected chi connectivity index (χ3v) is 8.94. The van der Waals surface area contributed by atoms with Gasteiger partial charge in [0.2, 0.25) is 5.82 Å². The molecule has 10 atom stereocenters. The van der Waals surface area contributed by atoms with Crippen LogP contribution in [0.15, 0.2) is 19.0 Å². The Bertz CT molecular complexity index is 1590. The number of nitrogens with two attached hydrogens (primary N) is 2. The molecule has 0 radical (unpaired) electrons. The van der Waals surface area contributed by atoms with Gasteiger partial charge in [0, 0.05) is 0 Å². The van der Waals surface area contributed by atoms with Crippen LogP contribution in [0, 0.1) is 0 Å². The number of aromatic nitrogens is 7. The molecule has 2 fully saturated rings. The van der Waals surface area contributed by atoms with Crippen LogP contribution in [0.2, 0.25) is 0 Å². The first kappa shape index (κ1) is 31.4. The quantitative estimate of drug-likeness (QED) is 0.0922. The summed E-state index contributed by atoms with van der Waals surface area (Å²) in [5, 5.41) is 45.0. The Morgan fingerprint density at radius 2 is 1.47 bits per heavy atom. The number of carbonyl (C=O) groups is 1. The van der Waals surface area contributed by atoms with Crippen LogP contribution in [-0.2, 0) is 32.0 Å².